The van der Waals surface area contributed by atoms with Crippen molar-refractivity contribution in [2.45, 2.75) is 25.8 Å². The zero-order valence-corrected chi connectivity index (χ0v) is 18.6. The molecule has 1 N–H and O–H groups in total. The van der Waals surface area contributed by atoms with E-state index in [2.05, 4.69) is 16.0 Å². The topological polar surface area (TPSA) is 56.2 Å². The Morgan fingerprint density at radius 1 is 0.969 bits per heavy atom. The summed E-state index contributed by atoms with van der Waals surface area (Å²) in [5.74, 6) is 1.71. The van der Waals surface area contributed by atoms with Gasteiger partial charge in [-0.25, -0.2) is 4.98 Å². The van der Waals surface area contributed by atoms with Gasteiger partial charge < -0.3 is 14.6 Å². The van der Waals surface area contributed by atoms with Crippen molar-refractivity contribution in [1.29, 1.82) is 0 Å². The van der Waals surface area contributed by atoms with Gasteiger partial charge in [-0.15, -0.1) is 0 Å². The van der Waals surface area contributed by atoms with Crippen LogP contribution < -0.4 is 10.1 Å². The third-order valence-electron chi connectivity index (χ3n) is 5.25. The number of imidazole rings is 1. The molecule has 4 rings (SSSR count). The smallest absolute Gasteiger partial charge is 0.224 e. The normalized spacial score (nSPS) is 10.9. The summed E-state index contributed by atoms with van der Waals surface area (Å²) in [6, 6.07) is 25.4. The van der Waals surface area contributed by atoms with Crippen LogP contribution in [0.25, 0.3) is 11.0 Å². The highest BCUT2D eigenvalue weighted by molar-refractivity contribution is 6.32. The molecule has 0 aliphatic heterocycles. The van der Waals surface area contributed by atoms with Gasteiger partial charge in [0.25, 0.3) is 0 Å². The van der Waals surface area contributed by atoms with Gasteiger partial charge in [-0.05, 0) is 36.2 Å². The predicted molar refractivity (Wildman–Crippen MR) is 128 cm³/mol. The van der Waals surface area contributed by atoms with Gasteiger partial charge >= 0.3 is 0 Å². The molecule has 0 bridgehead atoms. The summed E-state index contributed by atoms with van der Waals surface area (Å²) in [6.45, 7) is 1.78. The fourth-order valence-electron chi connectivity index (χ4n) is 3.69. The van der Waals surface area contributed by atoms with Crippen molar-refractivity contribution in [3.63, 3.8) is 0 Å². The lowest BCUT2D eigenvalue weighted by Crippen LogP contribution is -2.26. The average Bonchev–Trinajstić information content (AvgIpc) is 3.16. The van der Waals surface area contributed by atoms with Crippen molar-refractivity contribution in [2.75, 3.05) is 13.2 Å². The Balaban J connectivity index is 1.33. The molecule has 0 aliphatic carbocycles. The van der Waals surface area contributed by atoms with Crippen LogP contribution in [0.1, 0.15) is 17.8 Å². The van der Waals surface area contributed by atoms with Crippen molar-refractivity contribution < 1.29 is 9.53 Å². The van der Waals surface area contributed by atoms with Crippen LogP contribution in [0.4, 0.5) is 0 Å². The van der Waals surface area contributed by atoms with Crippen LogP contribution in [-0.4, -0.2) is 28.6 Å². The van der Waals surface area contributed by atoms with Gasteiger partial charge in [0.1, 0.15) is 18.2 Å². The molecule has 0 fully saturated rings. The molecule has 1 heterocycles. The number of halogens is 1. The van der Waals surface area contributed by atoms with Crippen molar-refractivity contribution in [3.05, 3.63) is 95.3 Å². The zero-order valence-electron chi connectivity index (χ0n) is 17.8. The number of nitrogens with zero attached hydrogens (tertiary/aromatic N) is 2. The highest BCUT2D eigenvalue weighted by Gasteiger charge is 2.11. The van der Waals surface area contributed by atoms with E-state index in [1.54, 1.807) is 0 Å². The van der Waals surface area contributed by atoms with E-state index < -0.39 is 0 Å². The predicted octanol–water partition coefficient (Wildman–Crippen LogP) is 5.06. The Kier molecular flexibility index (Phi) is 7.41. The number of hydrogen-bond donors (Lipinski definition) is 1. The van der Waals surface area contributed by atoms with Gasteiger partial charge in [0.2, 0.25) is 5.91 Å². The molecular formula is C26H26ClN3O2. The van der Waals surface area contributed by atoms with E-state index in [0.29, 0.717) is 36.9 Å². The number of hydrogen-bond acceptors (Lipinski definition) is 3. The molecule has 0 saturated heterocycles. The summed E-state index contributed by atoms with van der Waals surface area (Å²) >= 11 is 6.19. The maximum Gasteiger partial charge on any atom is 0.224 e. The van der Waals surface area contributed by atoms with E-state index >= 15 is 0 Å². The number of aryl methyl sites for hydroxylation is 1. The molecule has 0 saturated carbocycles. The number of rotatable bonds is 10. The van der Waals surface area contributed by atoms with E-state index in [9.17, 15) is 4.79 Å². The Labute approximate surface area is 193 Å². The van der Waals surface area contributed by atoms with Crippen LogP contribution in [0.15, 0.2) is 78.9 Å². The summed E-state index contributed by atoms with van der Waals surface area (Å²) in [5, 5.41) is 3.62. The van der Waals surface area contributed by atoms with Crippen LogP contribution >= 0.6 is 11.6 Å². The van der Waals surface area contributed by atoms with Crippen molar-refractivity contribution in [1.82, 2.24) is 14.9 Å². The number of nitrogens with one attached hydrogen (secondary N) is 1. The minimum Gasteiger partial charge on any atom is -0.490 e. The van der Waals surface area contributed by atoms with E-state index in [1.165, 1.54) is 0 Å². The molecule has 0 spiro atoms. The molecule has 32 heavy (non-hydrogen) atoms. The molecule has 1 amide bonds. The summed E-state index contributed by atoms with van der Waals surface area (Å²) in [5.41, 5.74) is 3.07. The number of para-hydroxylation sites is 3. The standard InChI is InChI=1S/C26H26ClN3O2/c27-21-11-4-7-14-24(21)32-18-17-30-23-13-6-5-12-22(23)29-25(30)15-8-16-28-26(31)19-20-9-2-1-3-10-20/h1-7,9-14H,8,15-19H2,(H,28,31). The lowest BCUT2D eigenvalue weighted by atomic mass is 10.1. The molecule has 5 nitrogen and oxygen atoms in total. The van der Waals surface area contributed by atoms with Gasteiger partial charge in [-0.1, -0.05) is 66.2 Å². The second-order valence-electron chi connectivity index (χ2n) is 7.56. The van der Waals surface area contributed by atoms with Gasteiger partial charge in [-0.3, -0.25) is 4.79 Å². The number of fused-ring (bicyclic) bond motifs is 1. The first kappa shape index (κ1) is 21.9. The first-order valence-electron chi connectivity index (χ1n) is 10.8. The largest absolute Gasteiger partial charge is 0.490 e. The molecule has 1 aromatic heterocycles. The molecule has 0 unspecified atom stereocenters. The van der Waals surface area contributed by atoms with E-state index in [4.69, 9.17) is 21.3 Å². The van der Waals surface area contributed by atoms with Gasteiger partial charge in [-0.2, -0.15) is 0 Å². The Bertz CT molecular complexity index is 1170. The minimum atomic E-state index is 0.0397. The first-order chi connectivity index (χ1) is 15.7. The van der Waals surface area contributed by atoms with Crippen LogP contribution in [-0.2, 0) is 24.2 Å². The first-order valence-corrected chi connectivity index (χ1v) is 11.2. The van der Waals surface area contributed by atoms with Crippen LogP contribution in [0.2, 0.25) is 5.02 Å². The van der Waals surface area contributed by atoms with Crippen LogP contribution in [0.3, 0.4) is 0 Å². The summed E-state index contributed by atoms with van der Waals surface area (Å²) in [7, 11) is 0. The lowest BCUT2D eigenvalue weighted by molar-refractivity contribution is -0.120. The molecule has 164 valence electrons. The van der Waals surface area contributed by atoms with Crippen molar-refractivity contribution in [3.8, 4) is 5.75 Å². The Morgan fingerprint density at radius 2 is 1.72 bits per heavy atom. The number of amides is 1. The van der Waals surface area contributed by atoms with Gasteiger partial charge in [0.05, 0.1) is 29.0 Å². The monoisotopic (exact) mass is 447 g/mol. The maximum absolute atomic E-state index is 12.2. The average molecular weight is 448 g/mol. The molecule has 0 atom stereocenters. The second kappa shape index (κ2) is 10.8. The van der Waals surface area contributed by atoms with Crippen molar-refractivity contribution in [2.24, 2.45) is 0 Å². The highest BCUT2D eigenvalue weighted by atomic mass is 35.5. The molecule has 3 aromatic carbocycles. The molecule has 4 aromatic rings. The van der Waals surface area contributed by atoms with Crippen molar-refractivity contribution >= 4 is 28.5 Å². The Morgan fingerprint density at radius 3 is 2.56 bits per heavy atom. The number of aromatic nitrogens is 2. The fourth-order valence-corrected chi connectivity index (χ4v) is 3.88. The lowest BCUT2D eigenvalue weighted by Gasteiger charge is -2.12. The number of ether oxygens (including phenoxy) is 1. The molecule has 0 radical (unpaired) electrons. The third kappa shape index (κ3) is 5.68. The van der Waals surface area contributed by atoms with E-state index in [-0.39, 0.29) is 5.91 Å². The zero-order chi connectivity index (χ0) is 22.2. The summed E-state index contributed by atoms with van der Waals surface area (Å²) < 4.78 is 8.08. The van der Waals surface area contributed by atoms with Gasteiger partial charge in [0, 0.05) is 13.0 Å². The van der Waals surface area contributed by atoms with E-state index in [0.717, 1.165) is 35.3 Å². The van der Waals surface area contributed by atoms with Crippen LogP contribution in [0, 0.1) is 0 Å². The minimum absolute atomic E-state index is 0.0397. The molecule has 6 heteroatoms. The van der Waals surface area contributed by atoms with E-state index in [1.807, 2.05) is 72.8 Å². The maximum atomic E-state index is 12.2. The number of carbonyl (C=O) groups is 1. The highest BCUT2D eigenvalue weighted by Crippen LogP contribution is 2.23. The fraction of sp³-hybridized carbons (Fsp3) is 0.231. The summed E-state index contributed by atoms with van der Waals surface area (Å²) in [4.78, 5) is 17.0. The quantitative estimate of drug-likeness (QED) is 0.346. The molecular weight excluding hydrogens is 422 g/mol. The van der Waals surface area contributed by atoms with Gasteiger partial charge in [0.15, 0.2) is 0 Å². The summed E-state index contributed by atoms with van der Waals surface area (Å²) in [6.07, 6.45) is 1.99. The Hall–Kier alpha value is -3.31. The third-order valence-corrected chi connectivity index (χ3v) is 5.56. The number of benzene rings is 3. The number of carbonyl (C=O) groups excluding carboxylic acids is 1. The second-order valence-corrected chi connectivity index (χ2v) is 7.97. The SMILES string of the molecule is O=C(Cc1ccccc1)NCCCc1nc2ccccc2n1CCOc1ccccc1Cl. The van der Waals surface area contributed by atoms with Crippen LogP contribution in [0.5, 0.6) is 5.75 Å². The molecule has 0 aliphatic rings.